The molecule has 1 unspecified atom stereocenters. The van der Waals surface area contributed by atoms with Crippen molar-refractivity contribution in [2.75, 3.05) is 19.6 Å². The van der Waals surface area contributed by atoms with Gasteiger partial charge in [0.2, 0.25) is 15.9 Å². The van der Waals surface area contributed by atoms with Crippen LogP contribution < -0.4 is 0 Å². The fourth-order valence-electron chi connectivity index (χ4n) is 4.75. The third kappa shape index (κ3) is 4.13. The third-order valence-electron chi connectivity index (χ3n) is 6.74. The van der Waals surface area contributed by atoms with Crippen molar-refractivity contribution >= 4 is 15.9 Å². The van der Waals surface area contributed by atoms with E-state index >= 15 is 0 Å². The van der Waals surface area contributed by atoms with Gasteiger partial charge in [0, 0.05) is 31.5 Å². The highest BCUT2D eigenvalue weighted by Crippen LogP contribution is 2.38. The Morgan fingerprint density at radius 2 is 1.68 bits per heavy atom. The molecule has 0 radical (unpaired) electrons. The molecule has 166 valence electrons. The first-order chi connectivity index (χ1) is 15.0. The van der Waals surface area contributed by atoms with Crippen LogP contribution in [0.5, 0.6) is 0 Å². The van der Waals surface area contributed by atoms with E-state index in [1.807, 2.05) is 4.90 Å². The van der Waals surface area contributed by atoms with Crippen molar-refractivity contribution in [3.63, 3.8) is 0 Å². The van der Waals surface area contributed by atoms with Gasteiger partial charge >= 0.3 is 0 Å². The average Bonchev–Trinajstić information content (AvgIpc) is 3.56. The van der Waals surface area contributed by atoms with Crippen LogP contribution in [0.1, 0.15) is 68.4 Å². The second-order valence-electron chi connectivity index (χ2n) is 8.89. The molecule has 1 aromatic carbocycles. The molecule has 1 atom stereocenters. The normalized spacial score (nSPS) is 23.7. The molecule has 2 saturated heterocycles. The number of H-pyrrole nitrogens is 1. The van der Waals surface area contributed by atoms with Crippen LogP contribution in [0.25, 0.3) is 0 Å². The molecule has 2 aromatic rings. The summed E-state index contributed by atoms with van der Waals surface area (Å²) in [6.45, 7) is 1.64. The van der Waals surface area contributed by atoms with Crippen LogP contribution in [0, 0.1) is 0 Å². The number of amides is 1. The van der Waals surface area contributed by atoms with Gasteiger partial charge in [-0.1, -0.05) is 24.6 Å². The Kier molecular flexibility index (Phi) is 5.56. The fraction of sp³-hybridized carbons (Fsp3) is 0.591. The Balaban J connectivity index is 1.26. The summed E-state index contributed by atoms with van der Waals surface area (Å²) >= 11 is 0. The first-order valence-electron chi connectivity index (χ1n) is 11.3. The van der Waals surface area contributed by atoms with E-state index in [1.165, 1.54) is 17.1 Å². The van der Waals surface area contributed by atoms with Crippen LogP contribution in [0.3, 0.4) is 0 Å². The lowest BCUT2D eigenvalue weighted by Gasteiger charge is -2.39. The van der Waals surface area contributed by atoms with Gasteiger partial charge in [0.1, 0.15) is 11.9 Å². The lowest BCUT2D eigenvalue weighted by atomic mass is 9.95. The molecule has 0 bridgehead atoms. The minimum atomic E-state index is -3.69. The molecular formula is C22H29N5O3S. The van der Waals surface area contributed by atoms with Crippen molar-refractivity contribution in [2.24, 2.45) is 0 Å². The smallest absolute Gasteiger partial charge is 0.243 e. The number of aromatic nitrogens is 3. The molecule has 5 rings (SSSR count). The van der Waals surface area contributed by atoms with Gasteiger partial charge in [-0.05, 0) is 50.7 Å². The maximum absolute atomic E-state index is 13.4. The van der Waals surface area contributed by atoms with Crippen molar-refractivity contribution in [2.45, 2.75) is 67.7 Å². The molecular weight excluding hydrogens is 414 g/mol. The van der Waals surface area contributed by atoms with Gasteiger partial charge in [-0.15, -0.1) is 0 Å². The minimum Gasteiger partial charge on any atom is -0.341 e. The van der Waals surface area contributed by atoms with Crippen LogP contribution in [0.4, 0.5) is 0 Å². The topological polar surface area (TPSA) is 99.3 Å². The van der Waals surface area contributed by atoms with E-state index in [1.54, 1.807) is 30.3 Å². The van der Waals surface area contributed by atoms with Crippen LogP contribution in [-0.4, -0.2) is 64.4 Å². The zero-order valence-corrected chi connectivity index (χ0v) is 18.4. The van der Waals surface area contributed by atoms with E-state index in [9.17, 15) is 13.2 Å². The lowest BCUT2D eigenvalue weighted by molar-refractivity contribution is -0.137. The molecule has 1 aliphatic carbocycles. The predicted molar refractivity (Wildman–Crippen MR) is 115 cm³/mol. The standard InChI is InChI=1S/C22H29N5O3S/c28-22(19-8-4-5-13-27(19)31(29,30)18-6-2-1-3-7-18)26-14-11-17(12-15-26)21-23-20(24-25-21)16-9-10-16/h1-3,6-7,16-17,19H,4-5,8-15H2,(H,23,24,25). The van der Waals surface area contributed by atoms with Crippen LogP contribution >= 0.6 is 0 Å². The second kappa shape index (κ2) is 8.35. The third-order valence-corrected chi connectivity index (χ3v) is 8.67. The number of aromatic amines is 1. The van der Waals surface area contributed by atoms with E-state index in [-0.39, 0.29) is 16.7 Å². The molecule has 2 aliphatic heterocycles. The molecule has 9 heteroatoms. The maximum Gasteiger partial charge on any atom is 0.243 e. The summed E-state index contributed by atoms with van der Waals surface area (Å²) in [5.41, 5.74) is 0. The Bertz CT molecular complexity index is 1030. The molecule has 3 aliphatic rings. The van der Waals surface area contributed by atoms with Crippen molar-refractivity contribution in [3.8, 4) is 0 Å². The van der Waals surface area contributed by atoms with E-state index in [0.29, 0.717) is 32.0 Å². The lowest BCUT2D eigenvalue weighted by Crippen LogP contribution is -2.54. The predicted octanol–water partition coefficient (Wildman–Crippen LogP) is 2.63. The highest BCUT2D eigenvalue weighted by Gasteiger charge is 2.40. The van der Waals surface area contributed by atoms with E-state index < -0.39 is 16.1 Å². The number of rotatable bonds is 5. The van der Waals surface area contributed by atoms with Crippen LogP contribution in [0.15, 0.2) is 35.2 Å². The largest absolute Gasteiger partial charge is 0.341 e. The SMILES string of the molecule is O=C(C1CCCCN1S(=O)(=O)c1ccccc1)N1CCC(c2nc(C3CC3)n[nH]2)CC1. The summed E-state index contributed by atoms with van der Waals surface area (Å²) in [4.78, 5) is 20.1. The molecule has 1 saturated carbocycles. The number of hydrogen-bond acceptors (Lipinski definition) is 5. The quantitative estimate of drug-likeness (QED) is 0.766. The number of carbonyl (C=O) groups is 1. The monoisotopic (exact) mass is 443 g/mol. The van der Waals surface area contributed by atoms with Gasteiger partial charge in [-0.3, -0.25) is 9.89 Å². The summed E-state index contributed by atoms with van der Waals surface area (Å²) in [6.07, 6.45) is 6.23. The van der Waals surface area contributed by atoms with Gasteiger partial charge in [0.05, 0.1) is 4.90 Å². The Morgan fingerprint density at radius 3 is 2.39 bits per heavy atom. The van der Waals surface area contributed by atoms with Crippen LogP contribution in [0.2, 0.25) is 0 Å². The van der Waals surface area contributed by atoms with Crippen molar-refractivity contribution in [1.82, 2.24) is 24.4 Å². The Morgan fingerprint density at radius 1 is 0.935 bits per heavy atom. The fourth-order valence-corrected chi connectivity index (χ4v) is 6.42. The second-order valence-corrected chi connectivity index (χ2v) is 10.8. The summed E-state index contributed by atoms with van der Waals surface area (Å²) in [5.74, 6) is 2.60. The molecule has 1 N–H and O–H groups in total. The number of likely N-dealkylation sites (tertiary alicyclic amines) is 1. The van der Waals surface area contributed by atoms with Crippen LogP contribution in [-0.2, 0) is 14.8 Å². The number of nitrogens with zero attached hydrogens (tertiary/aromatic N) is 4. The van der Waals surface area contributed by atoms with Crippen molar-refractivity contribution < 1.29 is 13.2 Å². The first-order valence-corrected chi connectivity index (χ1v) is 12.8. The summed E-state index contributed by atoms with van der Waals surface area (Å²) < 4.78 is 27.9. The number of hydrogen-bond donors (Lipinski definition) is 1. The molecule has 0 spiro atoms. The molecule has 8 nitrogen and oxygen atoms in total. The number of nitrogens with one attached hydrogen (secondary N) is 1. The van der Waals surface area contributed by atoms with E-state index in [0.717, 1.165) is 37.3 Å². The zero-order chi connectivity index (χ0) is 21.4. The number of piperidine rings is 2. The van der Waals surface area contributed by atoms with Gasteiger partial charge in [-0.2, -0.15) is 9.40 Å². The summed E-state index contributed by atoms with van der Waals surface area (Å²) in [7, 11) is -3.69. The number of sulfonamides is 1. The number of carbonyl (C=O) groups excluding carboxylic acids is 1. The highest BCUT2D eigenvalue weighted by atomic mass is 32.2. The molecule has 3 heterocycles. The average molecular weight is 444 g/mol. The molecule has 31 heavy (non-hydrogen) atoms. The number of benzene rings is 1. The van der Waals surface area contributed by atoms with Gasteiger partial charge in [-0.25, -0.2) is 13.4 Å². The van der Waals surface area contributed by atoms with E-state index in [4.69, 9.17) is 0 Å². The van der Waals surface area contributed by atoms with Crippen molar-refractivity contribution in [3.05, 3.63) is 42.0 Å². The summed E-state index contributed by atoms with van der Waals surface area (Å²) in [5, 5.41) is 7.45. The zero-order valence-electron chi connectivity index (χ0n) is 17.6. The van der Waals surface area contributed by atoms with Gasteiger partial charge in [0.15, 0.2) is 5.82 Å². The maximum atomic E-state index is 13.4. The molecule has 1 aromatic heterocycles. The summed E-state index contributed by atoms with van der Waals surface area (Å²) in [6, 6.07) is 7.83. The Labute approximate surface area is 183 Å². The van der Waals surface area contributed by atoms with E-state index in [2.05, 4.69) is 15.2 Å². The van der Waals surface area contributed by atoms with Gasteiger partial charge in [0.25, 0.3) is 0 Å². The molecule has 3 fully saturated rings. The van der Waals surface area contributed by atoms with Crippen molar-refractivity contribution in [1.29, 1.82) is 0 Å². The first kappa shape index (κ1) is 20.6. The highest BCUT2D eigenvalue weighted by molar-refractivity contribution is 7.89. The Hall–Kier alpha value is -2.26. The minimum absolute atomic E-state index is 0.0612. The molecule has 1 amide bonds. The van der Waals surface area contributed by atoms with Gasteiger partial charge < -0.3 is 4.90 Å².